The summed E-state index contributed by atoms with van der Waals surface area (Å²) in [5.41, 5.74) is 1.52. The molecule has 6 nitrogen and oxygen atoms in total. The van der Waals surface area contributed by atoms with Gasteiger partial charge in [-0.15, -0.1) is 0 Å². The van der Waals surface area contributed by atoms with Crippen LogP contribution in [0.15, 0.2) is 34.3 Å². The van der Waals surface area contributed by atoms with Crippen LogP contribution in [-0.4, -0.2) is 30.6 Å². The van der Waals surface area contributed by atoms with Crippen molar-refractivity contribution in [2.24, 2.45) is 0 Å². The number of nitrogens with zero attached hydrogens (tertiary/aromatic N) is 5. The third-order valence-electron chi connectivity index (χ3n) is 4.40. The van der Waals surface area contributed by atoms with Gasteiger partial charge in [-0.25, -0.2) is 24.3 Å². The first-order chi connectivity index (χ1) is 11.9. The maximum atomic E-state index is 12.9. The minimum Gasteiger partial charge on any atom is -0.267 e. The maximum Gasteiger partial charge on any atom is 0.278 e. The summed E-state index contributed by atoms with van der Waals surface area (Å²) < 4.78 is 3.68. The van der Waals surface area contributed by atoms with Gasteiger partial charge in [0.2, 0.25) is 0 Å². The molecule has 3 aromatic rings. The highest BCUT2D eigenvalue weighted by Gasteiger charge is 2.31. The minimum atomic E-state index is -0.0664. The lowest BCUT2D eigenvalue weighted by atomic mass is 9.92. The first-order valence-corrected chi connectivity index (χ1v) is 9.65. The van der Waals surface area contributed by atoms with E-state index in [9.17, 15) is 4.79 Å². The molecule has 1 saturated carbocycles. The molecule has 4 rings (SSSR count). The van der Waals surface area contributed by atoms with E-state index < -0.39 is 0 Å². The lowest BCUT2D eigenvalue weighted by Crippen LogP contribution is -2.23. The van der Waals surface area contributed by atoms with Crippen molar-refractivity contribution in [3.63, 3.8) is 0 Å². The molecule has 0 radical (unpaired) electrons. The molecule has 0 spiro atoms. The molecule has 0 unspecified atom stereocenters. The van der Waals surface area contributed by atoms with Crippen molar-refractivity contribution in [3.8, 4) is 5.82 Å². The van der Waals surface area contributed by atoms with Crippen molar-refractivity contribution in [2.45, 2.75) is 50.2 Å². The molecule has 3 heterocycles. The fourth-order valence-electron chi connectivity index (χ4n) is 2.91. The van der Waals surface area contributed by atoms with Crippen LogP contribution < -0.4 is 5.56 Å². The SMILES string of the molecule is CSc1ncc2c(=O)n(C3CC3)n(-c3cccc(C(C)(C)C)n3)c2n1. The van der Waals surface area contributed by atoms with Crippen LogP contribution in [0.3, 0.4) is 0 Å². The van der Waals surface area contributed by atoms with Crippen LogP contribution in [0.1, 0.15) is 45.3 Å². The Hall–Kier alpha value is -2.15. The fourth-order valence-corrected chi connectivity index (χ4v) is 3.25. The van der Waals surface area contributed by atoms with Gasteiger partial charge in [0.1, 0.15) is 5.39 Å². The van der Waals surface area contributed by atoms with Gasteiger partial charge in [-0.05, 0) is 31.2 Å². The van der Waals surface area contributed by atoms with Crippen molar-refractivity contribution < 1.29 is 0 Å². The van der Waals surface area contributed by atoms with E-state index >= 15 is 0 Å². The molecule has 0 N–H and O–H groups in total. The Balaban J connectivity index is 2.03. The standard InChI is InChI=1S/C18H21N5OS/c1-18(2,3)13-6-5-7-14(20-13)23-15-12(10-19-17(21-15)25-4)16(24)22(23)11-8-9-11/h5-7,10-11H,8-9H2,1-4H3. The van der Waals surface area contributed by atoms with E-state index in [1.54, 1.807) is 10.9 Å². The van der Waals surface area contributed by atoms with Gasteiger partial charge in [-0.3, -0.25) is 4.79 Å². The van der Waals surface area contributed by atoms with Crippen LogP contribution in [0.5, 0.6) is 0 Å². The van der Waals surface area contributed by atoms with E-state index in [2.05, 4.69) is 30.7 Å². The van der Waals surface area contributed by atoms with Crippen molar-refractivity contribution in [1.82, 2.24) is 24.3 Å². The summed E-state index contributed by atoms with van der Waals surface area (Å²) in [4.78, 5) is 26.6. The summed E-state index contributed by atoms with van der Waals surface area (Å²) >= 11 is 1.47. The van der Waals surface area contributed by atoms with E-state index in [1.165, 1.54) is 11.8 Å². The molecule has 1 aliphatic carbocycles. The second-order valence-corrected chi connectivity index (χ2v) is 8.19. The first-order valence-electron chi connectivity index (χ1n) is 8.42. The average molecular weight is 355 g/mol. The Morgan fingerprint density at radius 2 is 1.96 bits per heavy atom. The van der Waals surface area contributed by atoms with E-state index in [4.69, 9.17) is 4.98 Å². The van der Waals surface area contributed by atoms with Gasteiger partial charge < -0.3 is 0 Å². The van der Waals surface area contributed by atoms with Crippen molar-refractivity contribution in [2.75, 3.05) is 6.26 Å². The molecule has 25 heavy (non-hydrogen) atoms. The number of aromatic nitrogens is 5. The molecule has 0 aliphatic heterocycles. The lowest BCUT2D eigenvalue weighted by Gasteiger charge is -2.19. The number of pyridine rings is 1. The summed E-state index contributed by atoms with van der Waals surface area (Å²) in [6.07, 6.45) is 5.59. The Kier molecular flexibility index (Phi) is 3.72. The number of hydrogen-bond acceptors (Lipinski definition) is 5. The molecular weight excluding hydrogens is 334 g/mol. The number of fused-ring (bicyclic) bond motifs is 1. The zero-order valence-corrected chi connectivity index (χ0v) is 15.7. The van der Waals surface area contributed by atoms with E-state index in [-0.39, 0.29) is 17.0 Å². The van der Waals surface area contributed by atoms with Gasteiger partial charge in [0.15, 0.2) is 16.6 Å². The van der Waals surface area contributed by atoms with E-state index in [0.29, 0.717) is 16.2 Å². The predicted octanol–water partition coefficient (Wildman–Crippen LogP) is 3.33. The van der Waals surface area contributed by atoms with Crippen LogP contribution in [0.2, 0.25) is 0 Å². The van der Waals surface area contributed by atoms with Crippen molar-refractivity contribution in [3.05, 3.63) is 40.4 Å². The van der Waals surface area contributed by atoms with E-state index in [0.717, 1.165) is 24.4 Å². The zero-order chi connectivity index (χ0) is 17.8. The molecule has 0 bridgehead atoms. The number of rotatable bonds is 3. The molecule has 7 heteroatoms. The van der Waals surface area contributed by atoms with Gasteiger partial charge in [0.25, 0.3) is 5.56 Å². The average Bonchev–Trinajstić information content (AvgIpc) is 3.38. The Morgan fingerprint density at radius 3 is 2.60 bits per heavy atom. The summed E-state index contributed by atoms with van der Waals surface area (Å²) in [6, 6.07) is 6.18. The molecule has 0 saturated heterocycles. The highest BCUT2D eigenvalue weighted by atomic mass is 32.2. The van der Waals surface area contributed by atoms with Crippen molar-refractivity contribution in [1.29, 1.82) is 0 Å². The molecule has 3 aromatic heterocycles. The molecule has 0 aromatic carbocycles. The highest BCUT2D eigenvalue weighted by molar-refractivity contribution is 7.98. The summed E-state index contributed by atoms with van der Waals surface area (Å²) in [7, 11) is 0. The molecule has 1 aliphatic rings. The minimum absolute atomic E-state index is 0.0342. The van der Waals surface area contributed by atoms with Crippen LogP contribution >= 0.6 is 11.8 Å². The van der Waals surface area contributed by atoms with Gasteiger partial charge in [0.05, 0.1) is 6.04 Å². The lowest BCUT2D eigenvalue weighted by molar-refractivity contribution is 0.537. The van der Waals surface area contributed by atoms with Gasteiger partial charge in [0, 0.05) is 17.3 Å². The van der Waals surface area contributed by atoms with Gasteiger partial charge in [-0.2, -0.15) is 0 Å². The third kappa shape index (κ3) is 2.76. The van der Waals surface area contributed by atoms with Crippen LogP contribution in [-0.2, 0) is 5.41 Å². The molecule has 1 fully saturated rings. The second kappa shape index (κ2) is 5.69. The van der Waals surface area contributed by atoms with E-state index in [1.807, 2.05) is 29.1 Å². The molecule has 0 amide bonds. The quantitative estimate of drug-likeness (QED) is 0.532. The zero-order valence-electron chi connectivity index (χ0n) is 14.9. The third-order valence-corrected chi connectivity index (χ3v) is 4.96. The van der Waals surface area contributed by atoms with Gasteiger partial charge >= 0.3 is 0 Å². The largest absolute Gasteiger partial charge is 0.278 e. The number of hydrogen-bond donors (Lipinski definition) is 0. The molecule has 130 valence electrons. The Bertz CT molecular complexity index is 1010. The van der Waals surface area contributed by atoms with Crippen LogP contribution in [0.25, 0.3) is 16.9 Å². The Morgan fingerprint density at radius 1 is 1.20 bits per heavy atom. The molecule has 0 atom stereocenters. The smallest absolute Gasteiger partial charge is 0.267 e. The summed E-state index contributed by atoms with van der Waals surface area (Å²) in [5.74, 6) is 0.733. The summed E-state index contributed by atoms with van der Waals surface area (Å²) in [6.45, 7) is 6.40. The second-order valence-electron chi connectivity index (χ2n) is 7.42. The van der Waals surface area contributed by atoms with Crippen LogP contribution in [0, 0.1) is 0 Å². The fraction of sp³-hybridized carbons (Fsp3) is 0.444. The Labute approximate surface area is 150 Å². The summed E-state index contributed by atoms with van der Waals surface area (Å²) in [5, 5.41) is 1.20. The maximum absolute atomic E-state index is 12.9. The topological polar surface area (TPSA) is 65.6 Å². The van der Waals surface area contributed by atoms with Crippen molar-refractivity contribution >= 4 is 22.8 Å². The highest BCUT2D eigenvalue weighted by Crippen LogP contribution is 2.35. The monoisotopic (exact) mass is 355 g/mol. The van der Waals surface area contributed by atoms with Gasteiger partial charge in [-0.1, -0.05) is 38.6 Å². The number of thioether (sulfide) groups is 1. The predicted molar refractivity (Wildman–Crippen MR) is 99.7 cm³/mol. The van der Waals surface area contributed by atoms with Crippen LogP contribution in [0.4, 0.5) is 0 Å². The first kappa shape index (κ1) is 16.3. The normalized spacial score (nSPS) is 15.0. The molecular formula is C18H21N5OS.